The molecule has 2 rings (SSSR count). The van der Waals surface area contributed by atoms with Crippen LogP contribution in [0.25, 0.3) is 0 Å². The fraction of sp³-hybridized carbons (Fsp3) is 0.412. The first-order valence-corrected chi connectivity index (χ1v) is 7.85. The van der Waals surface area contributed by atoms with Gasteiger partial charge in [-0.2, -0.15) is 0 Å². The Bertz CT molecular complexity index is 533. The van der Waals surface area contributed by atoms with Crippen molar-refractivity contribution in [2.75, 3.05) is 6.54 Å². The van der Waals surface area contributed by atoms with Gasteiger partial charge in [0, 0.05) is 22.3 Å². The monoisotopic (exact) mass is 289 g/mol. The Labute approximate surface area is 125 Å². The molecule has 1 aromatic carbocycles. The number of aliphatic hydroxyl groups is 1. The van der Waals surface area contributed by atoms with Gasteiger partial charge in [-0.15, -0.1) is 11.3 Å². The van der Waals surface area contributed by atoms with Gasteiger partial charge in [-0.25, -0.2) is 0 Å². The molecular weight excluding hydrogens is 266 g/mol. The lowest BCUT2D eigenvalue weighted by atomic mass is 9.95. The van der Waals surface area contributed by atoms with Gasteiger partial charge in [0.15, 0.2) is 0 Å². The van der Waals surface area contributed by atoms with Crippen LogP contribution in [0.3, 0.4) is 0 Å². The number of rotatable bonds is 6. The molecule has 0 saturated carbocycles. The lowest BCUT2D eigenvalue weighted by Crippen LogP contribution is -2.40. The summed E-state index contributed by atoms with van der Waals surface area (Å²) in [5, 5.41) is 14.0. The van der Waals surface area contributed by atoms with Crippen LogP contribution in [0.4, 0.5) is 0 Å². The minimum Gasteiger partial charge on any atom is -0.384 e. The van der Waals surface area contributed by atoms with Gasteiger partial charge in [0.1, 0.15) is 0 Å². The van der Waals surface area contributed by atoms with E-state index in [0.29, 0.717) is 12.6 Å². The fourth-order valence-electron chi connectivity index (χ4n) is 2.24. The summed E-state index contributed by atoms with van der Waals surface area (Å²) >= 11 is 1.84. The predicted molar refractivity (Wildman–Crippen MR) is 86.2 cm³/mol. The third-order valence-corrected chi connectivity index (χ3v) is 4.52. The molecule has 0 spiro atoms. The molecule has 1 heterocycles. The van der Waals surface area contributed by atoms with Gasteiger partial charge in [-0.1, -0.05) is 30.3 Å². The third kappa shape index (κ3) is 4.17. The van der Waals surface area contributed by atoms with Gasteiger partial charge in [0.25, 0.3) is 0 Å². The molecule has 0 bridgehead atoms. The molecule has 0 aliphatic rings. The SMILES string of the molecule is Cc1ccc(CC(C)NCC(C)(O)c2ccccc2)s1. The van der Waals surface area contributed by atoms with E-state index in [4.69, 9.17) is 0 Å². The molecule has 0 aliphatic heterocycles. The number of aryl methyl sites for hydroxylation is 1. The molecule has 0 radical (unpaired) electrons. The smallest absolute Gasteiger partial charge is 0.0992 e. The minimum atomic E-state index is -0.832. The summed E-state index contributed by atoms with van der Waals surface area (Å²) in [6, 6.07) is 14.5. The number of benzene rings is 1. The van der Waals surface area contributed by atoms with Crippen molar-refractivity contribution in [3.8, 4) is 0 Å². The molecule has 20 heavy (non-hydrogen) atoms. The summed E-state index contributed by atoms with van der Waals surface area (Å²) in [4.78, 5) is 2.74. The van der Waals surface area contributed by atoms with E-state index in [1.165, 1.54) is 9.75 Å². The highest BCUT2D eigenvalue weighted by Gasteiger charge is 2.23. The summed E-state index contributed by atoms with van der Waals surface area (Å²) in [6.07, 6.45) is 1.00. The highest BCUT2D eigenvalue weighted by molar-refractivity contribution is 7.11. The standard InChI is InChI=1S/C17H23NOS/c1-13(11-16-10-9-14(2)20-16)18-12-17(3,19)15-7-5-4-6-8-15/h4-10,13,18-19H,11-12H2,1-3H3. The van der Waals surface area contributed by atoms with E-state index < -0.39 is 5.60 Å². The van der Waals surface area contributed by atoms with E-state index in [9.17, 15) is 5.11 Å². The van der Waals surface area contributed by atoms with E-state index in [1.54, 1.807) is 0 Å². The van der Waals surface area contributed by atoms with Crippen molar-refractivity contribution in [2.45, 2.75) is 38.8 Å². The van der Waals surface area contributed by atoms with Crippen LogP contribution >= 0.6 is 11.3 Å². The molecule has 2 unspecified atom stereocenters. The minimum absolute atomic E-state index is 0.350. The van der Waals surface area contributed by atoms with Crippen LogP contribution in [0.5, 0.6) is 0 Å². The van der Waals surface area contributed by atoms with Crippen molar-refractivity contribution in [3.63, 3.8) is 0 Å². The van der Waals surface area contributed by atoms with Gasteiger partial charge in [0.2, 0.25) is 0 Å². The number of hydrogen-bond donors (Lipinski definition) is 2. The molecule has 108 valence electrons. The van der Waals surface area contributed by atoms with Crippen molar-refractivity contribution in [1.29, 1.82) is 0 Å². The topological polar surface area (TPSA) is 32.3 Å². The van der Waals surface area contributed by atoms with Crippen LogP contribution in [-0.4, -0.2) is 17.7 Å². The van der Waals surface area contributed by atoms with Crippen molar-refractivity contribution in [2.24, 2.45) is 0 Å². The van der Waals surface area contributed by atoms with Crippen LogP contribution in [0.1, 0.15) is 29.2 Å². The zero-order valence-electron chi connectivity index (χ0n) is 12.4. The number of thiophene rings is 1. The molecule has 2 N–H and O–H groups in total. The maximum absolute atomic E-state index is 10.5. The molecule has 3 heteroatoms. The van der Waals surface area contributed by atoms with Crippen molar-refractivity contribution < 1.29 is 5.11 Å². The second-order valence-corrected chi connectivity index (χ2v) is 7.01. The zero-order chi connectivity index (χ0) is 14.6. The first-order valence-electron chi connectivity index (χ1n) is 7.04. The van der Waals surface area contributed by atoms with Gasteiger partial charge < -0.3 is 10.4 Å². The normalized spacial score (nSPS) is 15.8. The van der Waals surface area contributed by atoms with E-state index in [2.05, 4.69) is 31.3 Å². The average Bonchev–Trinajstić information content (AvgIpc) is 2.83. The predicted octanol–water partition coefficient (Wildman–Crippen LogP) is 3.48. The van der Waals surface area contributed by atoms with E-state index >= 15 is 0 Å². The molecule has 2 nitrogen and oxygen atoms in total. The quantitative estimate of drug-likeness (QED) is 0.853. The summed E-state index contributed by atoms with van der Waals surface area (Å²) < 4.78 is 0. The molecule has 2 aromatic rings. The van der Waals surface area contributed by atoms with Crippen LogP contribution in [0, 0.1) is 6.92 Å². The molecular formula is C17H23NOS. The first-order chi connectivity index (χ1) is 9.47. The Kier molecular flexibility index (Phi) is 4.97. The largest absolute Gasteiger partial charge is 0.384 e. The summed E-state index contributed by atoms with van der Waals surface area (Å²) in [5.74, 6) is 0. The average molecular weight is 289 g/mol. The highest BCUT2D eigenvalue weighted by Crippen LogP contribution is 2.20. The van der Waals surface area contributed by atoms with Crippen LogP contribution in [0.2, 0.25) is 0 Å². The van der Waals surface area contributed by atoms with Crippen LogP contribution in [0.15, 0.2) is 42.5 Å². The molecule has 2 atom stereocenters. The molecule has 0 fully saturated rings. The fourth-order valence-corrected chi connectivity index (χ4v) is 3.26. The number of nitrogens with one attached hydrogen (secondary N) is 1. The maximum atomic E-state index is 10.5. The highest BCUT2D eigenvalue weighted by atomic mass is 32.1. The van der Waals surface area contributed by atoms with Crippen LogP contribution in [-0.2, 0) is 12.0 Å². The van der Waals surface area contributed by atoms with Gasteiger partial charge >= 0.3 is 0 Å². The lowest BCUT2D eigenvalue weighted by Gasteiger charge is -2.26. The second-order valence-electron chi connectivity index (χ2n) is 5.64. The second kappa shape index (κ2) is 6.53. The Hall–Kier alpha value is -1.16. The Morgan fingerprint density at radius 2 is 1.90 bits per heavy atom. The van der Waals surface area contributed by atoms with E-state index in [0.717, 1.165) is 12.0 Å². The summed E-state index contributed by atoms with van der Waals surface area (Å²) in [6.45, 7) is 6.71. The van der Waals surface area contributed by atoms with E-state index in [1.807, 2.05) is 48.6 Å². The Morgan fingerprint density at radius 3 is 2.50 bits per heavy atom. The van der Waals surface area contributed by atoms with Crippen LogP contribution < -0.4 is 5.32 Å². The zero-order valence-corrected chi connectivity index (χ0v) is 13.2. The van der Waals surface area contributed by atoms with Crippen molar-refractivity contribution >= 4 is 11.3 Å². The van der Waals surface area contributed by atoms with Gasteiger partial charge in [-0.3, -0.25) is 0 Å². The van der Waals surface area contributed by atoms with Crippen molar-refractivity contribution in [1.82, 2.24) is 5.32 Å². The molecule has 0 amide bonds. The molecule has 1 aromatic heterocycles. The Balaban J connectivity index is 1.88. The lowest BCUT2D eigenvalue weighted by molar-refractivity contribution is 0.0544. The molecule has 0 aliphatic carbocycles. The molecule has 0 saturated heterocycles. The van der Waals surface area contributed by atoms with Gasteiger partial charge in [-0.05, 0) is 44.9 Å². The van der Waals surface area contributed by atoms with Crippen molar-refractivity contribution in [3.05, 3.63) is 57.8 Å². The summed E-state index contributed by atoms with van der Waals surface area (Å²) in [5.41, 5.74) is 0.118. The van der Waals surface area contributed by atoms with Gasteiger partial charge in [0.05, 0.1) is 5.60 Å². The third-order valence-electron chi connectivity index (χ3n) is 3.49. The maximum Gasteiger partial charge on any atom is 0.0992 e. The first kappa shape index (κ1) is 15.2. The Morgan fingerprint density at radius 1 is 1.20 bits per heavy atom. The number of hydrogen-bond acceptors (Lipinski definition) is 3. The summed E-state index contributed by atoms with van der Waals surface area (Å²) in [7, 11) is 0. The van der Waals surface area contributed by atoms with E-state index in [-0.39, 0.29) is 0 Å².